The van der Waals surface area contributed by atoms with Crippen LogP contribution in [0.2, 0.25) is 0 Å². The number of anilines is 2. The van der Waals surface area contributed by atoms with E-state index in [-0.39, 0.29) is 0 Å². The Morgan fingerprint density at radius 2 is 2.07 bits per heavy atom. The zero-order valence-electron chi connectivity index (χ0n) is 8.44. The van der Waals surface area contributed by atoms with E-state index in [0.717, 1.165) is 23.7 Å². The Labute approximate surface area is 94.2 Å². The minimum absolute atomic E-state index is 0.801. The third-order valence-corrected chi connectivity index (χ3v) is 3.17. The first-order valence-corrected chi connectivity index (χ1v) is 5.91. The molecule has 2 rings (SSSR count). The molecule has 1 aliphatic heterocycles. The van der Waals surface area contributed by atoms with Crippen LogP contribution in [-0.2, 0) is 0 Å². The van der Waals surface area contributed by atoms with E-state index < -0.39 is 0 Å². The topological polar surface area (TPSA) is 38.0 Å². The Morgan fingerprint density at radius 1 is 1.27 bits per heavy atom. The molecule has 0 fully saturated rings. The fourth-order valence-corrected chi connectivity index (χ4v) is 2.10. The molecule has 0 amide bonds. The van der Waals surface area contributed by atoms with E-state index >= 15 is 0 Å². The van der Waals surface area contributed by atoms with Crippen molar-refractivity contribution in [3.8, 4) is 0 Å². The normalized spacial score (nSPS) is 14.8. The number of nitrogen functional groups attached to an aromatic ring is 1. The highest BCUT2D eigenvalue weighted by molar-refractivity contribution is 8.03. The summed E-state index contributed by atoms with van der Waals surface area (Å²) in [6.45, 7) is 0.888. The van der Waals surface area contributed by atoms with E-state index in [1.54, 1.807) is 0 Å². The maximum absolute atomic E-state index is 5.61. The molecule has 1 aromatic carbocycles. The van der Waals surface area contributed by atoms with E-state index in [4.69, 9.17) is 5.73 Å². The Bertz CT molecular complexity index is 379. The molecule has 0 spiro atoms. The first-order chi connectivity index (χ1) is 7.34. The summed E-state index contributed by atoms with van der Waals surface area (Å²) in [6, 6.07) is 7.81. The molecule has 0 aromatic heterocycles. The van der Waals surface area contributed by atoms with Crippen LogP contribution in [0.15, 0.2) is 47.4 Å². The van der Waals surface area contributed by atoms with Crippen LogP contribution in [0.25, 0.3) is 0 Å². The molecule has 1 heterocycles. The Kier molecular flexibility index (Phi) is 3.35. The molecule has 3 N–H and O–H groups in total. The van der Waals surface area contributed by atoms with E-state index in [0.29, 0.717) is 0 Å². The summed E-state index contributed by atoms with van der Waals surface area (Å²) in [4.78, 5) is 1.37. The molecule has 1 aliphatic rings. The minimum atomic E-state index is 0.801. The molecule has 2 nitrogen and oxygen atoms in total. The van der Waals surface area contributed by atoms with Crippen molar-refractivity contribution in [2.45, 2.75) is 0 Å². The van der Waals surface area contributed by atoms with Crippen LogP contribution in [-0.4, -0.2) is 12.3 Å². The zero-order valence-corrected chi connectivity index (χ0v) is 9.26. The second-order valence-electron chi connectivity index (χ2n) is 3.35. The predicted molar refractivity (Wildman–Crippen MR) is 69.0 cm³/mol. The maximum Gasteiger partial charge on any atom is 0.0460 e. The Morgan fingerprint density at radius 3 is 2.73 bits per heavy atom. The number of hydrogen-bond donors (Lipinski definition) is 2. The summed E-state index contributed by atoms with van der Waals surface area (Å²) >= 11 is 1.87. The van der Waals surface area contributed by atoms with Gasteiger partial charge in [-0.1, -0.05) is 18.2 Å². The Balaban J connectivity index is 1.90. The molecular formula is C12H14N2S. The monoisotopic (exact) mass is 218 g/mol. The average Bonchev–Trinajstić information content (AvgIpc) is 2.30. The second kappa shape index (κ2) is 4.94. The molecular weight excluding hydrogens is 204 g/mol. The minimum Gasteiger partial charge on any atom is -0.399 e. The van der Waals surface area contributed by atoms with Gasteiger partial charge in [0.25, 0.3) is 0 Å². The average molecular weight is 218 g/mol. The second-order valence-corrected chi connectivity index (χ2v) is 4.49. The quantitative estimate of drug-likeness (QED) is 0.766. The molecule has 15 heavy (non-hydrogen) atoms. The molecule has 0 unspecified atom stereocenters. The van der Waals surface area contributed by atoms with Gasteiger partial charge in [0, 0.05) is 28.6 Å². The number of nitrogens with two attached hydrogens (primary N) is 1. The first-order valence-electron chi connectivity index (χ1n) is 4.92. The van der Waals surface area contributed by atoms with Crippen LogP contribution in [0.1, 0.15) is 0 Å². The van der Waals surface area contributed by atoms with Gasteiger partial charge in [-0.2, -0.15) is 0 Å². The summed E-state index contributed by atoms with van der Waals surface area (Å²) in [5.41, 5.74) is 7.53. The van der Waals surface area contributed by atoms with Gasteiger partial charge in [-0.05, 0) is 24.3 Å². The van der Waals surface area contributed by atoms with Crippen molar-refractivity contribution >= 4 is 23.1 Å². The smallest absolute Gasteiger partial charge is 0.0460 e. The van der Waals surface area contributed by atoms with Crippen LogP contribution in [0.3, 0.4) is 0 Å². The van der Waals surface area contributed by atoms with Crippen LogP contribution in [0, 0.1) is 0 Å². The van der Waals surface area contributed by atoms with Crippen molar-refractivity contribution in [1.82, 2.24) is 0 Å². The van der Waals surface area contributed by atoms with Gasteiger partial charge in [-0.15, -0.1) is 11.8 Å². The first kappa shape index (κ1) is 10.2. The van der Waals surface area contributed by atoms with Crippen LogP contribution >= 0.6 is 11.8 Å². The van der Waals surface area contributed by atoms with Gasteiger partial charge in [-0.3, -0.25) is 0 Å². The molecule has 3 heteroatoms. The highest BCUT2D eigenvalue weighted by atomic mass is 32.2. The molecule has 0 saturated carbocycles. The van der Waals surface area contributed by atoms with E-state index in [1.807, 2.05) is 36.0 Å². The lowest BCUT2D eigenvalue weighted by atomic mass is 10.3. The molecule has 0 aliphatic carbocycles. The number of hydrogen-bond acceptors (Lipinski definition) is 3. The van der Waals surface area contributed by atoms with Gasteiger partial charge < -0.3 is 11.1 Å². The lowest BCUT2D eigenvalue weighted by Crippen LogP contribution is -2.04. The molecule has 0 radical (unpaired) electrons. The fourth-order valence-electron chi connectivity index (χ4n) is 1.33. The third kappa shape index (κ3) is 3.06. The molecule has 78 valence electrons. The van der Waals surface area contributed by atoms with Crippen molar-refractivity contribution in [3.05, 3.63) is 47.4 Å². The van der Waals surface area contributed by atoms with Crippen molar-refractivity contribution in [2.75, 3.05) is 23.3 Å². The van der Waals surface area contributed by atoms with Gasteiger partial charge in [0.15, 0.2) is 0 Å². The summed E-state index contributed by atoms with van der Waals surface area (Å²) in [5, 5.41) is 3.36. The SMILES string of the molecule is Nc1ccc(NCC2=CC=CCS2)cc1. The van der Waals surface area contributed by atoms with Crippen LogP contribution < -0.4 is 11.1 Å². The van der Waals surface area contributed by atoms with E-state index in [2.05, 4.69) is 23.5 Å². The Hall–Kier alpha value is -1.35. The highest BCUT2D eigenvalue weighted by Gasteiger charge is 1.99. The largest absolute Gasteiger partial charge is 0.399 e. The maximum atomic E-state index is 5.61. The predicted octanol–water partition coefficient (Wildman–Crippen LogP) is 2.87. The van der Waals surface area contributed by atoms with Crippen molar-refractivity contribution < 1.29 is 0 Å². The standard InChI is InChI=1S/C12H14N2S/c13-10-4-6-11(7-5-10)14-9-12-3-1-2-8-15-12/h1-7,14H,8-9,13H2. The van der Waals surface area contributed by atoms with E-state index in [9.17, 15) is 0 Å². The van der Waals surface area contributed by atoms with Gasteiger partial charge in [-0.25, -0.2) is 0 Å². The van der Waals surface area contributed by atoms with Gasteiger partial charge in [0.1, 0.15) is 0 Å². The van der Waals surface area contributed by atoms with Gasteiger partial charge in [0.05, 0.1) is 0 Å². The number of rotatable bonds is 3. The number of allylic oxidation sites excluding steroid dienone is 2. The summed E-state index contributed by atoms with van der Waals surface area (Å²) in [5.74, 6) is 1.08. The van der Waals surface area contributed by atoms with Crippen LogP contribution in [0.4, 0.5) is 11.4 Å². The van der Waals surface area contributed by atoms with Crippen molar-refractivity contribution in [3.63, 3.8) is 0 Å². The van der Waals surface area contributed by atoms with Gasteiger partial charge >= 0.3 is 0 Å². The fraction of sp³-hybridized carbons (Fsp3) is 0.167. The lowest BCUT2D eigenvalue weighted by Gasteiger charge is -2.10. The summed E-state index contributed by atoms with van der Waals surface area (Å²) in [6.07, 6.45) is 6.42. The number of benzene rings is 1. The lowest BCUT2D eigenvalue weighted by molar-refractivity contribution is 1.31. The van der Waals surface area contributed by atoms with Crippen molar-refractivity contribution in [2.24, 2.45) is 0 Å². The van der Waals surface area contributed by atoms with Gasteiger partial charge in [0.2, 0.25) is 0 Å². The molecule has 0 saturated heterocycles. The molecule has 0 bridgehead atoms. The summed E-state index contributed by atoms with van der Waals surface area (Å²) < 4.78 is 0. The highest BCUT2D eigenvalue weighted by Crippen LogP contribution is 2.20. The van der Waals surface area contributed by atoms with Crippen molar-refractivity contribution in [1.29, 1.82) is 0 Å². The molecule has 1 aromatic rings. The zero-order chi connectivity index (χ0) is 10.5. The molecule has 0 atom stereocenters. The number of nitrogens with one attached hydrogen (secondary N) is 1. The number of thioether (sulfide) groups is 1. The summed E-state index contributed by atoms with van der Waals surface area (Å²) in [7, 11) is 0. The van der Waals surface area contributed by atoms with E-state index in [1.165, 1.54) is 4.91 Å². The third-order valence-electron chi connectivity index (χ3n) is 2.16. The van der Waals surface area contributed by atoms with Crippen LogP contribution in [0.5, 0.6) is 0 Å².